The van der Waals surface area contributed by atoms with Gasteiger partial charge in [-0.1, -0.05) is 15.9 Å². The number of carbonyl (C=O) groups is 2. The highest BCUT2D eigenvalue weighted by atomic mass is 79.9. The van der Waals surface area contributed by atoms with E-state index in [4.69, 9.17) is 9.47 Å². The maximum atomic E-state index is 11.3. The van der Waals surface area contributed by atoms with Crippen molar-refractivity contribution in [2.75, 3.05) is 19.0 Å². The molecule has 0 aliphatic carbocycles. The van der Waals surface area contributed by atoms with Crippen LogP contribution in [0, 0.1) is 0 Å². The summed E-state index contributed by atoms with van der Waals surface area (Å²) in [5, 5.41) is 2.67. The van der Waals surface area contributed by atoms with Gasteiger partial charge >= 0.3 is 6.09 Å². The van der Waals surface area contributed by atoms with Crippen LogP contribution in [0.15, 0.2) is 0 Å². The van der Waals surface area contributed by atoms with E-state index in [0.29, 0.717) is 0 Å². The first-order valence-electron chi connectivity index (χ1n) is 4.88. The van der Waals surface area contributed by atoms with Crippen LogP contribution in [-0.2, 0) is 14.3 Å². The lowest BCUT2D eigenvalue weighted by molar-refractivity contribution is -0.125. The molecule has 0 heterocycles. The molecule has 0 aliphatic rings. The minimum atomic E-state index is -0.646. The molecule has 0 bridgehead atoms. The van der Waals surface area contributed by atoms with Gasteiger partial charge in [-0.25, -0.2) is 4.79 Å². The van der Waals surface area contributed by atoms with Crippen LogP contribution in [0.25, 0.3) is 0 Å². The minimum absolute atomic E-state index is 0.107. The van der Waals surface area contributed by atoms with Gasteiger partial charge in [-0.2, -0.15) is 0 Å². The molecule has 1 amide bonds. The Hall–Kier alpha value is -0.620. The van der Waals surface area contributed by atoms with Crippen molar-refractivity contribution >= 4 is 27.8 Å². The molecule has 1 N–H and O–H groups in total. The Kier molecular flexibility index (Phi) is 6.59. The molecular formula is C10H18BrNO4. The van der Waals surface area contributed by atoms with E-state index in [9.17, 15) is 9.59 Å². The molecule has 0 rings (SSSR count). The summed E-state index contributed by atoms with van der Waals surface area (Å²) in [7, 11) is 1.42. The van der Waals surface area contributed by atoms with Crippen LogP contribution in [0.1, 0.15) is 20.8 Å². The molecule has 5 nitrogen and oxygen atoms in total. The number of amides is 1. The second-order valence-electron chi connectivity index (χ2n) is 4.21. The Morgan fingerprint density at radius 3 is 2.31 bits per heavy atom. The van der Waals surface area contributed by atoms with E-state index < -0.39 is 17.8 Å². The number of halogens is 1. The smallest absolute Gasteiger partial charge is 0.407 e. The number of alkyl carbamates (subject to hydrolysis) is 1. The molecule has 0 unspecified atom stereocenters. The zero-order valence-electron chi connectivity index (χ0n) is 10.0. The second kappa shape index (κ2) is 6.85. The van der Waals surface area contributed by atoms with Gasteiger partial charge in [-0.05, 0) is 20.8 Å². The number of ether oxygens (including phenoxy) is 2. The molecule has 0 radical (unpaired) electrons. The third-order valence-electron chi connectivity index (χ3n) is 1.61. The number of carbonyl (C=O) groups excluding carboxylic acids is 2. The van der Waals surface area contributed by atoms with Crippen molar-refractivity contribution in [3.05, 3.63) is 0 Å². The Morgan fingerprint density at radius 1 is 1.38 bits per heavy atom. The fraction of sp³-hybridized carbons (Fsp3) is 0.800. The molecule has 0 aromatic carbocycles. The Morgan fingerprint density at radius 2 is 1.94 bits per heavy atom. The number of alkyl halides is 1. The summed E-state index contributed by atoms with van der Waals surface area (Å²) in [6.45, 7) is 5.41. The molecule has 0 aliphatic heterocycles. The van der Waals surface area contributed by atoms with Crippen LogP contribution in [-0.4, -0.2) is 42.6 Å². The van der Waals surface area contributed by atoms with Gasteiger partial charge in [0.15, 0.2) is 5.78 Å². The van der Waals surface area contributed by atoms with Crippen LogP contribution >= 0.6 is 15.9 Å². The molecule has 0 fully saturated rings. The maximum Gasteiger partial charge on any atom is 0.407 e. The summed E-state index contributed by atoms with van der Waals surface area (Å²) in [6.07, 6.45) is -1.20. The SMILES string of the molecule is CO[C@@H](CNC(=O)OC(C)(C)C)C(=O)CBr. The van der Waals surface area contributed by atoms with Gasteiger partial charge in [-0.3, -0.25) is 4.79 Å². The summed E-state index contributed by atoms with van der Waals surface area (Å²) in [5.41, 5.74) is -0.550. The summed E-state index contributed by atoms with van der Waals surface area (Å²) < 4.78 is 9.95. The van der Waals surface area contributed by atoms with Crippen molar-refractivity contribution < 1.29 is 19.1 Å². The first-order valence-corrected chi connectivity index (χ1v) is 6.00. The topological polar surface area (TPSA) is 64.6 Å². The molecule has 6 heteroatoms. The van der Waals surface area contributed by atoms with E-state index in [-0.39, 0.29) is 17.7 Å². The summed E-state index contributed by atoms with van der Waals surface area (Å²) in [4.78, 5) is 22.6. The van der Waals surface area contributed by atoms with Gasteiger partial charge in [0.1, 0.15) is 11.7 Å². The van der Waals surface area contributed by atoms with Crippen molar-refractivity contribution in [1.82, 2.24) is 5.32 Å². The molecule has 0 saturated carbocycles. The highest BCUT2D eigenvalue weighted by Crippen LogP contribution is 2.06. The van der Waals surface area contributed by atoms with Crippen molar-refractivity contribution in [2.24, 2.45) is 0 Å². The Labute approximate surface area is 104 Å². The van der Waals surface area contributed by atoms with Crippen molar-refractivity contribution in [3.8, 4) is 0 Å². The summed E-state index contributed by atoms with van der Waals surface area (Å²) in [5.74, 6) is -0.126. The standard InChI is InChI=1S/C10H18BrNO4/c1-10(2,3)16-9(14)12-6-8(15-4)7(13)5-11/h8H,5-6H2,1-4H3,(H,12,14)/t8-/m0/s1. The van der Waals surface area contributed by atoms with Crippen LogP contribution in [0.2, 0.25) is 0 Å². The number of nitrogens with one attached hydrogen (secondary N) is 1. The van der Waals surface area contributed by atoms with Gasteiger partial charge in [0, 0.05) is 7.11 Å². The maximum absolute atomic E-state index is 11.3. The first-order chi connectivity index (χ1) is 7.30. The average molecular weight is 296 g/mol. The summed E-state index contributed by atoms with van der Waals surface area (Å²) in [6, 6.07) is 0. The monoisotopic (exact) mass is 295 g/mol. The number of rotatable bonds is 5. The van der Waals surface area contributed by atoms with Crippen molar-refractivity contribution in [3.63, 3.8) is 0 Å². The highest BCUT2D eigenvalue weighted by Gasteiger charge is 2.20. The van der Waals surface area contributed by atoms with Crippen LogP contribution < -0.4 is 5.32 Å². The molecule has 0 aromatic rings. The molecule has 1 atom stereocenters. The van der Waals surface area contributed by atoms with Crippen LogP contribution in [0.5, 0.6) is 0 Å². The Balaban J connectivity index is 4.03. The van der Waals surface area contributed by atoms with E-state index in [1.807, 2.05) is 0 Å². The number of Topliss-reactive ketones (excluding diaryl/α,β-unsaturated/α-hetero) is 1. The zero-order chi connectivity index (χ0) is 12.8. The zero-order valence-corrected chi connectivity index (χ0v) is 11.6. The number of ketones is 1. The second-order valence-corrected chi connectivity index (χ2v) is 4.77. The van der Waals surface area contributed by atoms with E-state index >= 15 is 0 Å². The minimum Gasteiger partial charge on any atom is -0.444 e. The first kappa shape index (κ1) is 15.4. The average Bonchev–Trinajstić information content (AvgIpc) is 2.15. The normalized spacial score (nSPS) is 13.1. The predicted molar refractivity (Wildman–Crippen MR) is 63.8 cm³/mol. The molecule has 16 heavy (non-hydrogen) atoms. The molecule has 0 spiro atoms. The van der Waals surface area contributed by atoms with Gasteiger partial charge < -0.3 is 14.8 Å². The number of hydrogen-bond donors (Lipinski definition) is 1. The Bertz CT molecular complexity index is 250. The van der Waals surface area contributed by atoms with Gasteiger partial charge in [0.05, 0.1) is 11.9 Å². The highest BCUT2D eigenvalue weighted by molar-refractivity contribution is 9.09. The van der Waals surface area contributed by atoms with E-state index in [0.717, 1.165) is 0 Å². The number of hydrogen-bond acceptors (Lipinski definition) is 4. The van der Waals surface area contributed by atoms with E-state index in [1.54, 1.807) is 20.8 Å². The van der Waals surface area contributed by atoms with Gasteiger partial charge in [-0.15, -0.1) is 0 Å². The lowest BCUT2D eigenvalue weighted by atomic mass is 10.2. The molecule has 0 saturated heterocycles. The summed E-state index contributed by atoms with van der Waals surface area (Å²) >= 11 is 3.04. The lowest BCUT2D eigenvalue weighted by Crippen LogP contribution is -2.40. The predicted octanol–water partition coefficient (Wildman–Crippen LogP) is 1.49. The quantitative estimate of drug-likeness (QED) is 0.781. The fourth-order valence-corrected chi connectivity index (χ4v) is 1.27. The largest absolute Gasteiger partial charge is 0.444 e. The van der Waals surface area contributed by atoms with E-state index in [1.165, 1.54) is 7.11 Å². The van der Waals surface area contributed by atoms with Crippen molar-refractivity contribution in [1.29, 1.82) is 0 Å². The number of methoxy groups -OCH3 is 1. The molecule has 0 aromatic heterocycles. The van der Waals surface area contributed by atoms with E-state index in [2.05, 4.69) is 21.2 Å². The van der Waals surface area contributed by atoms with Crippen LogP contribution in [0.4, 0.5) is 4.79 Å². The third kappa shape index (κ3) is 6.79. The molecule has 94 valence electrons. The molecular weight excluding hydrogens is 278 g/mol. The fourth-order valence-electron chi connectivity index (χ4n) is 0.905. The lowest BCUT2D eigenvalue weighted by Gasteiger charge is -2.21. The van der Waals surface area contributed by atoms with Gasteiger partial charge in [0.2, 0.25) is 0 Å². The third-order valence-corrected chi connectivity index (χ3v) is 2.16. The van der Waals surface area contributed by atoms with Gasteiger partial charge in [0.25, 0.3) is 0 Å². The van der Waals surface area contributed by atoms with Crippen LogP contribution in [0.3, 0.4) is 0 Å². The van der Waals surface area contributed by atoms with Crippen molar-refractivity contribution in [2.45, 2.75) is 32.5 Å².